The lowest BCUT2D eigenvalue weighted by Crippen LogP contribution is -2.45. The van der Waals surface area contributed by atoms with E-state index in [1.54, 1.807) is 6.08 Å². The summed E-state index contributed by atoms with van der Waals surface area (Å²) < 4.78 is 23.5. The number of amides is 1. The molecule has 0 aliphatic carbocycles. The number of unbranched alkanes of at least 4 members (excludes halogenated alkanes) is 52. The minimum absolute atomic E-state index is 0.000337. The van der Waals surface area contributed by atoms with Gasteiger partial charge in [0.05, 0.1) is 39.9 Å². The Balaban J connectivity index is 3.93. The van der Waals surface area contributed by atoms with E-state index < -0.39 is 20.0 Å². The van der Waals surface area contributed by atoms with E-state index in [1.165, 1.54) is 308 Å². The van der Waals surface area contributed by atoms with E-state index in [4.69, 9.17) is 9.05 Å². The van der Waals surface area contributed by atoms with Crippen LogP contribution in [-0.4, -0.2) is 68.5 Å². The molecule has 3 unspecified atom stereocenters. The van der Waals surface area contributed by atoms with Crippen molar-refractivity contribution in [2.45, 2.75) is 411 Å². The maximum atomic E-state index is 13.1. The molecule has 0 heterocycles. The van der Waals surface area contributed by atoms with Crippen LogP contribution in [0, 0.1) is 0 Å². The van der Waals surface area contributed by atoms with E-state index >= 15 is 0 Å². The lowest BCUT2D eigenvalue weighted by molar-refractivity contribution is -0.870. The molecule has 0 aliphatic rings. The third-order valence-electron chi connectivity index (χ3n) is 18.4. The van der Waals surface area contributed by atoms with Crippen molar-refractivity contribution < 1.29 is 32.9 Å². The minimum Gasteiger partial charge on any atom is -0.756 e. The van der Waals surface area contributed by atoms with Crippen molar-refractivity contribution >= 4 is 13.7 Å². The standard InChI is InChI=1S/C83H157N2O6P/c1-6-8-10-12-14-16-18-20-22-24-26-28-30-32-34-36-37-38-39-40-41-42-43-44-45-46-47-49-51-53-55-57-59-61-63-65-67-69-71-73-75-77-83(87)84-81(80-91-92(88,89)90-79-78-85(3,4)5)82(86)76-74-72-70-68-66-64-62-60-58-56-54-52-50-48-35-33-31-29-27-25-23-21-19-17-15-13-11-9-7-2/h8,10,14,16,20,22,26,28,32,34,74,76,81-82,86H,6-7,9,11-13,15,17-19,21,23-25,27,29-31,33,35-73,75,77-80H2,1-5H3,(H-,84,87,88,89)/b10-8-,16-14-,22-20-,28-26-,34-32-,76-74+. The fourth-order valence-corrected chi connectivity index (χ4v) is 13.0. The monoisotopic (exact) mass is 1310 g/mol. The molecule has 92 heavy (non-hydrogen) atoms. The number of aliphatic hydroxyl groups excluding tert-OH is 1. The van der Waals surface area contributed by atoms with Crippen molar-refractivity contribution in [3.05, 3.63) is 72.9 Å². The first-order valence-electron chi connectivity index (χ1n) is 40.3. The lowest BCUT2D eigenvalue weighted by atomic mass is 10.0. The Bertz CT molecular complexity index is 1730. The second-order valence-electron chi connectivity index (χ2n) is 28.7. The van der Waals surface area contributed by atoms with Crippen LogP contribution in [0.4, 0.5) is 0 Å². The van der Waals surface area contributed by atoms with Crippen LogP contribution < -0.4 is 10.2 Å². The number of hydrogen-bond acceptors (Lipinski definition) is 6. The van der Waals surface area contributed by atoms with Gasteiger partial charge < -0.3 is 28.8 Å². The van der Waals surface area contributed by atoms with Gasteiger partial charge in [-0.15, -0.1) is 0 Å². The molecule has 540 valence electrons. The molecule has 0 aromatic carbocycles. The molecule has 0 aromatic rings. The van der Waals surface area contributed by atoms with Gasteiger partial charge in [0, 0.05) is 6.42 Å². The number of nitrogens with one attached hydrogen (secondary N) is 1. The molecule has 0 aromatic heterocycles. The number of hydrogen-bond donors (Lipinski definition) is 2. The summed E-state index contributed by atoms with van der Waals surface area (Å²) in [6.45, 7) is 4.59. The molecular weight excluding hydrogens is 1150 g/mol. The predicted octanol–water partition coefficient (Wildman–Crippen LogP) is 25.8. The SMILES string of the molecule is CC/C=C\C/C=C\C/C=C\C/C=C\C/C=C\CCCCCCCCCCCCCCCCCCCCCCCCCCCC(=O)NC(COP(=O)([O-])OCC[N+](C)(C)C)C(O)/C=C/CCCCCCCCCCCCCCCCCCCCCCCCCCCCC. The number of likely N-dealkylation sites (N-methyl/N-ethyl adjacent to an activating group) is 1. The number of phosphoric ester groups is 1. The molecule has 0 rings (SSSR count). The Morgan fingerprint density at radius 1 is 0.391 bits per heavy atom. The zero-order valence-electron chi connectivity index (χ0n) is 62.0. The summed E-state index contributed by atoms with van der Waals surface area (Å²) in [7, 11) is 1.28. The maximum Gasteiger partial charge on any atom is 0.268 e. The molecule has 0 radical (unpaired) electrons. The van der Waals surface area contributed by atoms with Gasteiger partial charge in [0.25, 0.3) is 7.82 Å². The van der Waals surface area contributed by atoms with E-state index in [-0.39, 0.29) is 19.1 Å². The van der Waals surface area contributed by atoms with E-state index in [2.05, 4.69) is 79.9 Å². The Morgan fingerprint density at radius 3 is 0.967 bits per heavy atom. The summed E-state index contributed by atoms with van der Waals surface area (Å²) >= 11 is 0. The highest BCUT2D eigenvalue weighted by Crippen LogP contribution is 2.38. The average molecular weight is 1310 g/mol. The van der Waals surface area contributed by atoms with Crippen molar-refractivity contribution in [2.24, 2.45) is 0 Å². The molecule has 8 nitrogen and oxygen atoms in total. The van der Waals surface area contributed by atoms with Crippen molar-refractivity contribution in [3.63, 3.8) is 0 Å². The minimum atomic E-state index is -4.61. The topological polar surface area (TPSA) is 108 Å². The third-order valence-corrected chi connectivity index (χ3v) is 19.4. The Kier molecular flexibility index (Phi) is 71.6. The van der Waals surface area contributed by atoms with Gasteiger partial charge in [-0.3, -0.25) is 9.36 Å². The number of aliphatic hydroxyl groups is 1. The van der Waals surface area contributed by atoms with E-state index in [0.717, 1.165) is 70.6 Å². The second kappa shape index (κ2) is 73.2. The van der Waals surface area contributed by atoms with Gasteiger partial charge in [0.1, 0.15) is 13.2 Å². The number of allylic oxidation sites excluding steroid dienone is 11. The van der Waals surface area contributed by atoms with Gasteiger partial charge in [-0.2, -0.15) is 0 Å². The van der Waals surface area contributed by atoms with Crippen LogP contribution in [0.1, 0.15) is 399 Å². The summed E-state index contributed by atoms with van der Waals surface area (Å²) in [6.07, 6.45) is 104. The summed E-state index contributed by atoms with van der Waals surface area (Å²) in [6, 6.07) is -0.889. The molecule has 9 heteroatoms. The zero-order valence-corrected chi connectivity index (χ0v) is 62.9. The van der Waals surface area contributed by atoms with Crippen molar-refractivity contribution in [3.8, 4) is 0 Å². The van der Waals surface area contributed by atoms with E-state index in [0.29, 0.717) is 17.4 Å². The summed E-state index contributed by atoms with van der Waals surface area (Å²) in [5.74, 6) is -0.189. The molecule has 0 saturated heterocycles. The number of phosphoric acid groups is 1. The maximum absolute atomic E-state index is 13.1. The first-order chi connectivity index (χ1) is 45.0. The molecule has 0 aliphatic heterocycles. The molecule has 0 saturated carbocycles. The van der Waals surface area contributed by atoms with Crippen LogP contribution in [0.15, 0.2) is 72.9 Å². The van der Waals surface area contributed by atoms with Gasteiger partial charge in [-0.1, -0.05) is 401 Å². The van der Waals surface area contributed by atoms with Crippen LogP contribution in [0.25, 0.3) is 0 Å². The van der Waals surface area contributed by atoms with Crippen LogP contribution in [-0.2, 0) is 18.4 Å². The zero-order chi connectivity index (χ0) is 66.9. The normalized spacial score (nSPS) is 13.9. The molecular formula is C83H157N2O6P. The molecule has 1 amide bonds. The number of rotatable bonds is 75. The average Bonchev–Trinajstić information content (AvgIpc) is 2.63. The summed E-state index contributed by atoms with van der Waals surface area (Å²) in [5.41, 5.74) is 0. The fraction of sp³-hybridized carbons (Fsp3) is 0.843. The highest BCUT2D eigenvalue weighted by atomic mass is 31.2. The second-order valence-corrected chi connectivity index (χ2v) is 30.2. The molecule has 0 spiro atoms. The van der Waals surface area contributed by atoms with Gasteiger partial charge >= 0.3 is 0 Å². The van der Waals surface area contributed by atoms with Crippen LogP contribution >= 0.6 is 7.82 Å². The van der Waals surface area contributed by atoms with Gasteiger partial charge in [0.15, 0.2) is 0 Å². The van der Waals surface area contributed by atoms with Crippen LogP contribution in [0.2, 0.25) is 0 Å². The first kappa shape index (κ1) is 89.9. The molecule has 3 atom stereocenters. The van der Waals surface area contributed by atoms with Crippen molar-refractivity contribution in [2.75, 3.05) is 40.9 Å². The third kappa shape index (κ3) is 75.3. The van der Waals surface area contributed by atoms with E-state index in [1.807, 2.05) is 27.2 Å². The number of nitrogens with zero attached hydrogens (tertiary/aromatic N) is 1. The molecule has 0 fully saturated rings. The molecule has 2 N–H and O–H groups in total. The Labute approximate surface area is 574 Å². The smallest absolute Gasteiger partial charge is 0.268 e. The van der Waals surface area contributed by atoms with Crippen LogP contribution in [0.3, 0.4) is 0 Å². The van der Waals surface area contributed by atoms with Gasteiger partial charge in [-0.25, -0.2) is 0 Å². The van der Waals surface area contributed by atoms with Crippen molar-refractivity contribution in [1.29, 1.82) is 0 Å². The largest absolute Gasteiger partial charge is 0.756 e. The number of quaternary nitrogens is 1. The number of carbonyl (C=O) groups excluding carboxylic acids is 1. The van der Waals surface area contributed by atoms with Gasteiger partial charge in [0.2, 0.25) is 5.91 Å². The molecule has 0 bridgehead atoms. The summed E-state index contributed by atoms with van der Waals surface area (Å²) in [4.78, 5) is 25.7. The first-order valence-corrected chi connectivity index (χ1v) is 41.8. The Morgan fingerprint density at radius 2 is 0.663 bits per heavy atom. The highest BCUT2D eigenvalue weighted by Gasteiger charge is 2.23. The predicted molar refractivity (Wildman–Crippen MR) is 404 cm³/mol. The summed E-state index contributed by atoms with van der Waals surface area (Å²) in [5, 5.41) is 14.0. The highest BCUT2D eigenvalue weighted by molar-refractivity contribution is 7.45. The van der Waals surface area contributed by atoms with Gasteiger partial charge in [-0.05, 0) is 64.2 Å². The van der Waals surface area contributed by atoms with Crippen LogP contribution in [0.5, 0.6) is 0 Å². The lowest BCUT2D eigenvalue weighted by Gasteiger charge is -2.29. The Hall–Kier alpha value is -2.06. The van der Waals surface area contributed by atoms with Crippen molar-refractivity contribution in [1.82, 2.24) is 5.32 Å². The quantitative estimate of drug-likeness (QED) is 0.0272. The number of carbonyl (C=O) groups is 1. The fourth-order valence-electron chi connectivity index (χ4n) is 12.2. The van der Waals surface area contributed by atoms with E-state index in [9.17, 15) is 19.4 Å².